The first-order valence-corrected chi connectivity index (χ1v) is 6.69. The fourth-order valence-electron chi connectivity index (χ4n) is 1.19. The summed E-state index contributed by atoms with van der Waals surface area (Å²) >= 11 is 0. The van der Waals surface area contributed by atoms with Gasteiger partial charge in [0.05, 0.1) is 18.6 Å². The van der Waals surface area contributed by atoms with E-state index in [2.05, 4.69) is 10.3 Å². The second-order valence-electron chi connectivity index (χ2n) is 3.44. The molecule has 0 saturated heterocycles. The topological polar surface area (TPSA) is 120 Å². The number of nitrogens with zero attached hydrogens (tertiary/aromatic N) is 1. The van der Waals surface area contributed by atoms with Gasteiger partial charge in [0.1, 0.15) is 0 Å². The molecule has 0 aliphatic heterocycles. The van der Waals surface area contributed by atoms with E-state index in [4.69, 9.17) is 15.6 Å². The Bertz CT molecular complexity index is 475. The van der Waals surface area contributed by atoms with Crippen LogP contribution in [0.1, 0.15) is 6.42 Å². The number of methoxy groups -OCH3 is 1. The summed E-state index contributed by atoms with van der Waals surface area (Å²) in [5.74, 6) is 0.830. The molecule has 1 aromatic rings. The third kappa shape index (κ3) is 4.87. The van der Waals surface area contributed by atoms with Gasteiger partial charge in [0.2, 0.25) is 15.9 Å². The Balaban J connectivity index is 2.51. The molecule has 0 unspecified atom stereocenters. The average molecular weight is 260 g/mol. The number of nitrogens with one attached hydrogen (secondary N) is 1. The predicted octanol–water partition coefficient (Wildman–Crippen LogP) is -0.237. The van der Waals surface area contributed by atoms with Gasteiger partial charge in [-0.1, -0.05) is 0 Å². The number of anilines is 2. The van der Waals surface area contributed by atoms with Crippen LogP contribution in [0.25, 0.3) is 0 Å². The molecule has 7 nitrogen and oxygen atoms in total. The zero-order valence-corrected chi connectivity index (χ0v) is 10.3. The maximum Gasteiger partial charge on any atom is 0.215 e. The van der Waals surface area contributed by atoms with Gasteiger partial charge < -0.3 is 15.8 Å². The Morgan fingerprint density at radius 1 is 1.47 bits per heavy atom. The quantitative estimate of drug-likeness (QED) is 0.607. The largest absolute Gasteiger partial charge is 0.481 e. The first-order valence-electron chi connectivity index (χ1n) is 4.97. The van der Waals surface area contributed by atoms with E-state index in [1.165, 1.54) is 7.11 Å². The number of sulfonamides is 1. The van der Waals surface area contributed by atoms with Crippen molar-refractivity contribution in [2.75, 3.05) is 30.5 Å². The molecular weight excluding hydrogens is 244 g/mol. The van der Waals surface area contributed by atoms with Gasteiger partial charge in [0.15, 0.2) is 5.82 Å². The van der Waals surface area contributed by atoms with Crippen LogP contribution >= 0.6 is 0 Å². The van der Waals surface area contributed by atoms with E-state index in [1.807, 2.05) is 0 Å². The van der Waals surface area contributed by atoms with Crippen molar-refractivity contribution in [1.29, 1.82) is 0 Å². The molecule has 0 aromatic carbocycles. The molecule has 0 spiro atoms. The minimum atomic E-state index is -3.42. The fraction of sp³-hybridized carbons (Fsp3) is 0.444. The molecule has 8 heteroatoms. The number of pyridine rings is 1. The Morgan fingerprint density at radius 3 is 2.76 bits per heavy atom. The molecule has 0 atom stereocenters. The summed E-state index contributed by atoms with van der Waals surface area (Å²) in [4.78, 5) is 4.09. The minimum absolute atomic E-state index is 0.0795. The Morgan fingerprint density at radius 2 is 2.18 bits per heavy atom. The lowest BCUT2D eigenvalue weighted by atomic mass is 10.3. The molecule has 0 aliphatic carbocycles. The van der Waals surface area contributed by atoms with Gasteiger partial charge in [-0.15, -0.1) is 0 Å². The second-order valence-corrected chi connectivity index (χ2v) is 5.17. The molecule has 17 heavy (non-hydrogen) atoms. The lowest BCUT2D eigenvalue weighted by Gasteiger charge is -2.09. The van der Waals surface area contributed by atoms with Crippen LogP contribution in [0.2, 0.25) is 0 Å². The maximum absolute atomic E-state index is 10.7. The van der Waals surface area contributed by atoms with Crippen molar-refractivity contribution >= 4 is 21.5 Å². The number of nitrogen functional groups attached to an aromatic ring is 1. The van der Waals surface area contributed by atoms with Crippen molar-refractivity contribution in [2.24, 2.45) is 5.14 Å². The van der Waals surface area contributed by atoms with Gasteiger partial charge in [-0.25, -0.2) is 13.6 Å². The van der Waals surface area contributed by atoms with E-state index < -0.39 is 10.0 Å². The monoisotopic (exact) mass is 260 g/mol. The highest BCUT2D eigenvalue weighted by Gasteiger charge is 2.04. The Labute approximate surface area is 100 Å². The van der Waals surface area contributed by atoms with Gasteiger partial charge in [0.25, 0.3) is 0 Å². The summed E-state index contributed by atoms with van der Waals surface area (Å²) in [6.45, 7) is 0.417. The number of hydrogen-bond donors (Lipinski definition) is 3. The van der Waals surface area contributed by atoms with Crippen molar-refractivity contribution < 1.29 is 13.2 Å². The summed E-state index contributed by atoms with van der Waals surface area (Å²) in [6.07, 6.45) is 0.386. The first kappa shape index (κ1) is 13.5. The summed E-state index contributed by atoms with van der Waals surface area (Å²) in [5.41, 5.74) is 6.16. The number of nitrogens with two attached hydrogens (primary N) is 2. The van der Waals surface area contributed by atoms with E-state index in [0.29, 0.717) is 30.4 Å². The zero-order valence-electron chi connectivity index (χ0n) is 9.51. The van der Waals surface area contributed by atoms with Crippen molar-refractivity contribution in [3.05, 3.63) is 12.1 Å². The van der Waals surface area contributed by atoms with Gasteiger partial charge in [-0.05, 0) is 12.5 Å². The number of rotatable bonds is 6. The molecular formula is C9H16N4O3S. The van der Waals surface area contributed by atoms with Crippen molar-refractivity contribution in [1.82, 2.24) is 4.98 Å². The third-order valence-electron chi connectivity index (χ3n) is 2.01. The molecule has 0 aliphatic rings. The normalized spacial score (nSPS) is 11.2. The molecule has 0 saturated carbocycles. The third-order valence-corrected chi connectivity index (χ3v) is 2.87. The molecule has 1 aromatic heterocycles. The lowest BCUT2D eigenvalue weighted by Crippen LogP contribution is -2.19. The molecule has 1 rings (SSSR count). The van der Waals surface area contributed by atoms with Gasteiger partial charge in [-0.3, -0.25) is 0 Å². The highest BCUT2D eigenvalue weighted by Crippen LogP contribution is 2.19. The van der Waals surface area contributed by atoms with E-state index in [1.54, 1.807) is 12.1 Å². The molecule has 1 heterocycles. The summed E-state index contributed by atoms with van der Waals surface area (Å²) in [5, 5.41) is 7.80. The average Bonchev–Trinajstić information content (AvgIpc) is 2.25. The summed E-state index contributed by atoms with van der Waals surface area (Å²) in [7, 11) is -1.91. The predicted molar refractivity (Wildman–Crippen MR) is 66.3 cm³/mol. The number of hydrogen-bond acceptors (Lipinski definition) is 6. The van der Waals surface area contributed by atoms with Crippen LogP contribution in [0, 0.1) is 0 Å². The molecule has 96 valence electrons. The smallest absolute Gasteiger partial charge is 0.215 e. The second kappa shape index (κ2) is 5.69. The molecule has 0 radical (unpaired) electrons. The fourth-order valence-corrected chi connectivity index (χ4v) is 1.73. The number of primary sulfonamides is 1. The van der Waals surface area contributed by atoms with Crippen LogP contribution in [0.3, 0.4) is 0 Å². The first-order chi connectivity index (χ1) is 7.92. The van der Waals surface area contributed by atoms with E-state index in [0.717, 1.165) is 0 Å². The van der Waals surface area contributed by atoms with Crippen LogP contribution < -0.4 is 20.9 Å². The SMILES string of the molecule is COc1ccc(N)c(NCCCS(N)(=O)=O)n1. The molecule has 0 bridgehead atoms. The van der Waals surface area contributed by atoms with E-state index >= 15 is 0 Å². The molecule has 0 fully saturated rings. The Kier molecular flexibility index (Phi) is 4.53. The summed E-state index contributed by atoms with van der Waals surface area (Å²) in [6, 6.07) is 3.30. The van der Waals surface area contributed by atoms with Crippen molar-refractivity contribution in [3.8, 4) is 5.88 Å². The zero-order chi connectivity index (χ0) is 12.9. The van der Waals surface area contributed by atoms with E-state index in [-0.39, 0.29) is 5.75 Å². The van der Waals surface area contributed by atoms with Crippen LogP contribution in [0.15, 0.2) is 12.1 Å². The van der Waals surface area contributed by atoms with Crippen LogP contribution in [-0.4, -0.2) is 32.8 Å². The summed E-state index contributed by atoms with van der Waals surface area (Å²) < 4.78 is 26.3. The van der Waals surface area contributed by atoms with Gasteiger partial charge in [0, 0.05) is 12.6 Å². The maximum atomic E-state index is 10.7. The lowest BCUT2D eigenvalue weighted by molar-refractivity contribution is 0.398. The van der Waals surface area contributed by atoms with Crippen LogP contribution in [-0.2, 0) is 10.0 Å². The standard InChI is InChI=1S/C9H16N4O3S/c1-16-8-4-3-7(10)9(13-8)12-5-2-6-17(11,14)15/h3-4H,2,5-6,10H2,1H3,(H,12,13)(H2,11,14,15). The van der Waals surface area contributed by atoms with Crippen molar-refractivity contribution in [3.63, 3.8) is 0 Å². The molecule has 5 N–H and O–H groups in total. The minimum Gasteiger partial charge on any atom is -0.481 e. The highest BCUT2D eigenvalue weighted by molar-refractivity contribution is 7.89. The number of ether oxygens (including phenoxy) is 1. The van der Waals surface area contributed by atoms with E-state index in [9.17, 15) is 8.42 Å². The highest BCUT2D eigenvalue weighted by atomic mass is 32.2. The van der Waals surface area contributed by atoms with Gasteiger partial charge >= 0.3 is 0 Å². The van der Waals surface area contributed by atoms with Gasteiger partial charge in [-0.2, -0.15) is 4.98 Å². The van der Waals surface area contributed by atoms with Crippen LogP contribution in [0.4, 0.5) is 11.5 Å². The van der Waals surface area contributed by atoms with Crippen LogP contribution in [0.5, 0.6) is 5.88 Å². The number of aromatic nitrogens is 1. The Hall–Kier alpha value is -1.54. The molecule has 0 amide bonds. The van der Waals surface area contributed by atoms with Crippen molar-refractivity contribution in [2.45, 2.75) is 6.42 Å².